The number of thioether (sulfide) groups is 1. The van der Waals surface area contributed by atoms with E-state index in [1.54, 1.807) is 0 Å². The van der Waals surface area contributed by atoms with E-state index in [9.17, 15) is 0 Å². The fourth-order valence-corrected chi connectivity index (χ4v) is 3.57. The summed E-state index contributed by atoms with van der Waals surface area (Å²) in [6, 6.07) is 8.30. The van der Waals surface area contributed by atoms with E-state index in [0.717, 1.165) is 25.2 Å². The van der Waals surface area contributed by atoms with E-state index in [1.165, 1.54) is 11.3 Å². The summed E-state index contributed by atoms with van der Waals surface area (Å²) in [5, 5.41) is 8.73. The van der Waals surface area contributed by atoms with Crippen LogP contribution in [0.1, 0.15) is 25.0 Å². The van der Waals surface area contributed by atoms with Crippen LogP contribution < -0.4 is 0 Å². The van der Waals surface area contributed by atoms with E-state index in [0.29, 0.717) is 4.75 Å². The Morgan fingerprint density at radius 3 is 3.00 bits per heavy atom. The zero-order valence-electron chi connectivity index (χ0n) is 11.6. The van der Waals surface area contributed by atoms with Crippen LogP contribution in [0.15, 0.2) is 24.3 Å². The van der Waals surface area contributed by atoms with Gasteiger partial charge in [-0.1, -0.05) is 24.0 Å². The van der Waals surface area contributed by atoms with Crippen molar-refractivity contribution in [1.29, 1.82) is 0 Å². The lowest BCUT2D eigenvalue weighted by Crippen LogP contribution is -2.42. The average Bonchev–Trinajstić information content (AvgIpc) is 2.35. The second-order valence-corrected chi connectivity index (χ2v) is 7.28. The van der Waals surface area contributed by atoms with Crippen LogP contribution in [0.25, 0.3) is 0 Å². The highest BCUT2D eigenvalue weighted by Gasteiger charge is 2.26. The number of hydrogen-bond donors (Lipinski definition) is 1. The van der Waals surface area contributed by atoms with Crippen LogP contribution in [-0.4, -0.2) is 40.2 Å². The van der Waals surface area contributed by atoms with Crippen LogP contribution >= 0.6 is 11.8 Å². The SMILES string of the molecule is CC1(C)CN(Cc2cccc(C#CCO)c2)CCS1. The molecule has 0 aliphatic carbocycles. The Kier molecular flexibility index (Phi) is 4.93. The quantitative estimate of drug-likeness (QED) is 0.838. The van der Waals surface area contributed by atoms with Gasteiger partial charge in [-0.2, -0.15) is 11.8 Å². The summed E-state index contributed by atoms with van der Waals surface area (Å²) in [5.74, 6) is 6.87. The molecular formula is C16H21NOS. The third-order valence-corrected chi connectivity index (χ3v) is 4.45. The molecule has 1 aromatic rings. The van der Waals surface area contributed by atoms with Gasteiger partial charge >= 0.3 is 0 Å². The molecule has 0 saturated carbocycles. The Morgan fingerprint density at radius 1 is 1.42 bits per heavy atom. The van der Waals surface area contributed by atoms with Gasteiger partial charge in [0.15, 0.2) is 0 Å². The summed E-state index contributed by atoms with van der Waals surface area (Å²) >= 11 is 2.06. The fourth-order valence-electron chi connectivity index (χ4n) is 2.40. The Morgan fingerprint density at radius 2 is 2.26 bits per heavy atom. The van der Waals surface area contributed by atoms with Crippen LogP contribution in [0.4, 0.5) is 0 Å². The molecule has 19 heavy (non-hydrogen) atoms. The molecule has 2 nitrogen and oxygen atoms in total. The summed E-state index contributed by atoms with van der Waals surface area (Å²) in [6.07, 6.45) is 0. The molecule has 1 heterocycles. The molecule has 1 saturated heterocycles. The minimum Gasteiger partial charge on any atom is -0.384 e. The number of benzene rings is 1. The second-order valence-electron chi connectivity index (χ2n) is 5.48. The van der Waals surface area contributed by atoms with Crippen molar-refractivity contribution in [2.24, 2.45) is 0 Å². The highest BCUT2D eigenvalue weighted by molar-refractivity contribution is 8.00. The highest BCUT2D eigenvalue weighted by atomic mass is 32.2. The topological polar surface area (TPSA) is 23.5 Å². The van der Waals surface area contributed by atoms with Crippen molar-refractivity contribution < 1.29 is 5.11 Å². The Labute approximate surface area is 120 Å². The largest absolute Gasteiger partial charge is 0.384 e. The Bertz CT molecular complexity index is 487. The maximum absolute atomic E-state index is 8.73. The van der Waals surface area contributed by atoms with Crippen LogP contribution in [0.2, 0.25) is 0 Å². The van der Waals surface area contributed by atoms with Gasteiger partial charge in [0.25, 0.3) is 0 Å². The van der Waals surface area contributed by atoms with E-state index < -0.39 is 0 Å². The molecule has 0 radical (unpaired) electrons. The van der Waals surface area contributed by atoms with Gasteiger partial charge in [-0.3, -0.25) is 4.90 Å². The summed E-state index contributed by atoms with van der Waals surface area (Å²) in [4.78, 5) is 2.51. The maximum atomic E-state index is 8.73. The summed E-state index contributed by atoms with van der Waals surface area (Å²) in [5.41, 5.74) is 2.28. The van der Waals surface area contributed by atoms with Gasteiger partial charge in [0.2, 0.25) is 0 Å². The van der Waals surface area contributed by atoms with Crippen molar-refractivity contribution in [3.63, 3.8) is 0 Å². The molecule has 1 N–H and O–H groups in total. The van der Waals surface area contributed by atoms with E-state index in [2.05, 4.69) is 54.5 Å². The number of aliphatic hydroxyl groups excluding tert-OH is 1. The monoisotopic (exact) mass is 275 g/mol. The van der Waals surface area contributed by atoms with Crippen LogP contribution in [-0.2, 0) is 6.54 Å². The molecule has 0 unspecified atom stereocenters. The normalized spacial score (nSPS) is 18.7. The smallest absolute Gasteiger partial charge is 0.104 e. The van der Waals surface area contributed by atoms with E-state index in [1.807, 2.05) is 12.1 Å². The number of aliphatic hydroxyl groups is 1. The third-order valence-electron chi connectivity index (χ3n) is 3.15. The second kappa shape index (κ2) is 6.47. The van der Waals surface area contributed by atoms with Gasteiger partial charge < -0.3 is 5.11 Å². The van der Waals surface area contributed by atoms with E-state index in [4.69, 9.17) is 5.11 Å². The van der Waals surface area contributed by atoms with Crippen molar-refractivity contribution in [3.8, 4) is 11.8 Å². The minimum absolute atomic E-state index is 0.0816. The van der Waals surface area contributed by atoms with Crippen molar-refractivity contribution >= 4 is 11.8 Å². The van der Waals surface area contributed by atoms with Crippen LogP contribution in [0.3, 0.4) is 0 Å². The average molecular weight is 275 g/mol. The number of nitrogens with zero attached hydrogens (tertiary/aromatic N) is 1. The number of rotatable bonds is 2. The summed E-state index contributed by atoms with van der Waals surface area (Å²) in [6.45, 7) is 7.81. The first-order valence-corrected chi connectivity index (χ1v) is 7.63. The van der Waals surface area contributed by atoms with Crippen molar-refractivity contribution in [2.75, 3.05) is 25.4 Å². The van der Waals surface area contributed by atoms with Crippen LogP contribution in [0.5, 0.6) is 0 Å². The van der Waals surface area contributed by atoms with Crippen molar-refractivity contribution in [2.45, 2.75) is 25.1 Å². The van der Waals surface area contributed by atoms with E-state index in [-0.39, 0.29) is 6.61 Å². The molecule has 102 valence electrons. The van der Waals surface area contributed by atoms with E-state index >= 15 is 0 Å². The Hall–Kier alpha value is -0.950. The lowest BCUT2D eigenvalue weighted by molar-refractivity contribution is 0.252. The molecular weight excluding hydrogens is 254 g/mol. The van der Waals surface area contributed by atoms with Gasteiger partial charge in [0, 0.05) is 35.7 Å². The first-order chi connectivity index (χ1) is 9.09. The fraction of sp³-hybridized carbons (Fsp3) is 0.500. The van der Waals surface area contributed by atoms with Gasteiger partial charge in [-0.25, -0.2) is 0 Å². The summed E-state index contributed by atoms with van der Waals surface area (Å²) in [7, 11) is 0. The molecule has 2 rings (SSSR count). The van der Waals surface area contributed by atoms with Gasteiger partial charge in [-0.05, 0) is 31.5 Å². The zero-order chi connectivity index (χ0) is 13.7. The number of hydrogen-bond acceptors (Lipinski definition) is 3. The van der Waals surface area contributed by atoms with Crippen molar-refractivity contribution in [3.05, 3.63) is 35.4 Å². The molecule has 0 spiro atoms. The molecule has 0 amide bonds. The lowest BCUT2D eigenvalue weighted by Gasteiger charge is -2.37. The molecule has 1 aliphatic rings. The van der Waals surface area contributed by atoms with Gasteiger partial charge in [-0.15, -0.1) is 0 Å². The Balaban J connectivity index is 2.02. The predicted octanol–water partition coefficient (Wildman–Crippen LogP) is 2.36. The molecule has 0 aromatic heterocycles. The maximum Gasteiger partial charge on any atom is 0.104 e. The molecule has 0 atom stereocenters. The van der Waals surface area contributed by atoms with Gasteiger partial charge in [0.05, 0.1) is 0 Å². The van der Waals surface area contributed by atoms with Crippen LogP contribution in [0, 0.1) is 11.8 Å². The van der Waals surface area contributed by atoms with Gasteiger partial charge in [0.1, 0.15) is 6.61 Å². The lowest BCUT2D eigenvalue weighted by atomic mass is 10.1. The molecule has 1 aromatic carbocycles. The highest BCUT2D eigenvalue weighted by Crippen LogP contribution is 2.30. The molecule has 0 bridgehead atoms. The summed E-state index contributed by atoms with van der Waals surface area (Å²) < 4.78 is 0.354. The third kappa shape index (κ3) is 4.58. The zero-order valence-corrected chi connectivity index (χ0v) is 12.5. The molecule has 3 heteroatoms. The molecule has 1 fully saturated rings. The first kappa shape index (κ1) is 14.5. The predicted molar refractivity (Wildman–Crippen MR) is 82.2 cm³/mol. The standard InChI is InChI=1S/C16H21NOS/c1-16(2)13-17(8-10-19-16)12-15-6-3-5-14(11-15)7-4-9-18/h3,5-6,11,18H,8-10,12-13H2,1-2H3. The first-order valence-electron chi connectivity index (χ1n) is 6.64. The molecule has 1 aliphatic heterocycles. The minimum atomic E-state index is -0.0816. The van der Waals surface area contributed by atoms with Crippen molar-refractivity contribution in [1.82, 2.24) is 4.90 Å².